The summed E-state index contributed by atoms with van der Waals surface area (Å²) in [6, 6.07) is 67.1. The Morgan fingerprint density at radius 3 is 1.71 bits per heavy atom. The molecule has 1 fully saturated rings. The zero-order valence-electron chi connectivity index (χ0n) is 34.3. The Morgan fingerprint density at radius 1 is 0.419 bits per heavy atom. The number of nitriles is 1. The lowest BCUT2D eigenvalue weighted by Gasteiger charge is -2.36. The first-order valence-corrected chi connectivity index (χ1v) is 21.6. The number of aromatic nitrogens is 3. The zero-order chi connectivity index (χ0) is 41.5. The monoisotopic (exact) mass is 794 g/mol. The van der Waals surface area contributed by atoms with Crippen molar-refractivity contribution in [2.75, 3.05) is 0 Å². The Bertz CT molecular complexity index is 3160. The number of hydrogen-bond donors (Lipinski definition) is 0. The summed E-state index contributed by atoms with van der Waals surface area (Å²) in [4.78, 5) is 14.5. The predicted molar refractivity (Wildman–Crippen MR) is 252 cm³/mol. The topological polar surface area (TPSA) is 62.5 Å². The average molecular weight is 795 g/mol. The van der Waals surface area contributed by atoms with Crippen LogP contribution in [0.5, 0.6) is 0 Å². The third-order valence-corrected chi connectivity index (χ3v) is 13.0. The number of nitrogens with zero attached hydrogens (tertiary/aromatic N) is 4. The first-order valence-electron chi connectivity index (χ1n) is 21.6. The molecule has 2 aromatic heterocycles. The first-order chi connectivity index (χ1) is 30.6. The van der Waals surface area contributed by atoms with E-state index in [0.717, 1.165) is 74.3 Å². The maximum Gasteiger partial charge on any atom is 0.160 e. The summed E-state index contributed by atoms with van der Waals surface area (Å²) in [5.41, 5.74) is 20.1. The lowest BCUT2D eigenvalue weighted by atomic mass is 9.67. The van der Waals surface area contributed by atoms with Gasteiger partial charge in [0.2, 0.25) is 0 Å². The van der Waals surface area contributed by atoms with E-state index in [1.165, 1.54) is 58.2 Å². The average Bonchev–Trinajstić information content (AvgIpc) is 3.62. The van der Waals surface area contributed by atoms with Gasteiger partial charge in [0.05, 0.1) is 23.0 Å². The standard InChI is InChI=1S/C58H42N4/c59-37-39-23-28-51-53(32-39)58(29-5-2-6-30-58)52-22-10-21-50(56(51)52)47-18-8-16-45(34-47)43-14-7-15-44(33-43)46-17-9-19-48(35-46)55-36-54(61-57(62-55)42-12-3-1-4-13-42)41-26-24-40(25-27-41)49-20-11-31-60-38-49/h1,3-4,7-28,31-36,38H,2,5-6,29-30H2. The van der Waals surface area contributed by atoms with Gasteiger partial charge in [-0.05, 0) is 122 Å². The Morgan fingerprint density at radius 2 is 1.02 bits per heavy atom. The van der Waals surface area contributed by atoms with Gasteiger partial charge in [0.25, 0.3) is 0 Å². The molecule has 9 aromatic rings. The van der Waals surface area contributed by atoms with Gasteiger partial charge in [0.1, 0.15) is 0 Å². The maximum atomic E-state index is 9.88. The lowest BCUT2D eigenvalue weighted by molar-refractivity contribution is 0.353. The van der Waals surface area contributed by atoms with Crippen molar-refractivity contribution < 1.29 is 0 Å². The third-order valence-electron chi connectivity index (χ3n) is 13.0. The molecule has 4 heteroatoms. The minimum absolute atomic E-state index is 0.0189. The molecule has 0 amide bonds. The van der Waals surface area contributed by atoms with Crippen molar-refractivity contribution in [1.29, 1.82) is 5.26 Å². The van der Waals surface area contributed by atoms with Crippen molar-refractivity contribution >= 4 is 0 Å². The molecule has 0 unspecified atom stereocenters. The van der Waals surface area contributed by atoms with E-state index >= 15 is 0 Å². The van der Waals surface area contributed by atoms with Gasteiger partial charge in [0, 0.05) is 34.5 Å². The van der Waals surface area contributed by atoms with Crippen LogP contribution in [0, 0.1) is 11.3 Å². The molecule has 0 bridgehead atoms. The Balaban J connectivity index is 0.945. The summed E-state index contributed by atoms with van der Waals surface area (Å²) in [6.45, 7) is 0. The number of benzene rings is 7. The second-order valence-electron chi connectivity index (χ2n) is 16.6. The number of pyridine rings is 1. The quantitative estimate of drug-likeness (QED) is 0.161. The molecule has 2 aliphatic carbocycles. The van der Waals surface area contributed by atoms with Gasteiger partial charge in [-0.15, -0.1) is 0 Å². The molecule has 2 aliphatic rings. The molecule has 0 aliphatic heterocycles. The molecule has 1 spiro atoms. The highest BCUT2D eigenvalue weighted by atomic mass is 14.9. The number of rotatable bonds is 7. The van der Waals surface area contributed by atoms with Crippen LogP contribution in [0.15, 0.2) is 194 Å². The summed E-state index contributed by atoms with van der Waals surface area (Å²) < 4.78 is 0. The van der Waals surface area contributed by atoms with Gasteiger partial charge < -0.3 is 0 Å². The number of fused-ring (bicyclic) bond motifs is 5. The van der Waals surface area contributed by atoms with Gasteiger partial charge in [-0.25, -0.2) is 9.97 Å². The fraction of sp³-hybridized carbons (Fsp3) is 0.103. The van der Waals surface area contributed by atoms with E-state index in [4.69, 9.17) is 9.97 Å². The van der Waals surface area contributed by atoms with E-state index in [9.17, 15) is 5.26 Å². The van der Waals surface area contributed by atoms with Crippen LogP contribution in [-0.4, -0.2) is 15.0 Å². The molecule has 11 rings (SSSR count). The molecule has 0 atom stereocenters. The fourth-order valence-electron chi connectivity index (χ4n) is 9.98. The molecule has 0 N–H and O–H groups in total. The molecule has 294 valence electrons. The fourth-order valence-corrected chi connectivity index (χ4v) is 9.98. The Labute approximate surface area is 362 Å². The number of hydrogen-bond acceptors (Lipinski definition) is 4. The second kappa shape index (κ2) is 15.7. The van der Waals surface area contributed by atoms with E-state index < -0.39 is 0 Å². The molecule has 4 nitrogen and oxygen atoms in total. The van der Waals surface area contributed by atoms with E-state index in [2.05, 4.69) is 163 Å². The van der Waals surface area contributed by atoms with Crippen molar-refractivity contribution in [1.82, 2.24) is 15.0 Å². The third kappa shape index (κ3) is 6.69. The van der Waals surface area contributed by atoms with Crippen LogP contribution in [0.3, 0.4) is 0 Å². The minimum Gasteiger partial charge on any atom is -0.264 e. The van der Waals surface area contributed by atoms with Gasteiger partial charge in [-0.1, -0.05) is 159 Å². The first kappa shape index (κ1) is 37.3. The van der Waals surface area contributed by atoms with E-state index in [0.29, 0.717) is 5.82 Å². The van der Waals surface area contributed by atoms with Gasteiger partial charge >= 0.3 is 0 Å². The molecular weight excluding hydrogens is 753 g/mol. The van der Waals surface area contributed by atoms with Gasteiger partial charge in [-0.3, -0.25) is 4.98 Å². The molecule has 2 heterocycles. The molecule has 0 saturated heterocycles. The molecule has 7 aromatic carbocycles. The highest BCUT2D eigenvalue weighted by molar-refractivity contribution is 5.94. The molecule has 62 heavy (non-hydrogen) atoms. The largest absolute Gasteiger partial charge is 0.264 e. The van der Waals surface area contributed by atoms with Crippen LogP contribution < -0.4 is 0 Å². The van der Waals surface area contributed by atoms with Crippen molar-refractivity contribution in [3.8, 4) is 95.6 Å². The molecular formula is C58H42N4. The van der Waals surface area contributed by atoms with Crippen LogP contribution in [0.25, 0.3) is 89.5 Å². The van der Waals surface area contributed by atoms with Crippen molar-refractivity contribution in [3.05, 3.63) is 211 Å². The second-order valence-corrected chi connectivity index (χ2v) is 16.6. The van der Waals surface area contributed by atoms with Crippen LogP contribution >= 0.6 is 0 Å². The lowest BCUT2D eigenvalue weighted by Crippen LogP contribution is -2.28. The maximum absolute atomic E-state index is 9.88. The zero-order valence-corrected chi connectivity index (χ0v) is 34.3. The van der Waals surface area contributed by atoms with E-state index in [1.807, 2.05) is 36.5 Å². The summed E-state index contributed by atoms with van der Waals surface area (Å²) in [5.74, 6) is 0.690. The summed E-state index contributed by atoms with van der Waals surface area (Å²) >= 11 is 0. The SMILES string of the molecule is N#Cc1ccc2c(c1)C1(CCCCC1)c1cccc(-c3cccc(-c4cccc(-c5cccc(-c6cc(-c7ccc(-c8cccnc8)cc7)nc(-c7ccccc7)n6)c5)c4)c3)c1-2. The highest BCUT2D eigenvalue weighted by Gasteiger charge is 2.44. The van der Waals surface area contributed by atoms with Crippen molar-refractivity contribution in [3.63, 3.8) is 0 Å². The van der Waals surface area contributed by atoms with E-state index in [1.54, 1.807) is 6.20 Å². The molecule has 1 saturated carbocycles. The Hall–Kier alpha value is -7.74. The smallest absolute Gasteiger partial charge is 0.160 e. The van der Waals surface area contributed by atoms with Crippen LogP contribution in [0.2, 0.25) is 0 Å². The predicted octanol–water partition coefficient (Wildman–Crippen LogP) is 14.6. The van der Waals surface area contributed by atoms with Gasteiger partial charge in [-0.2, -0.15) is 5.26 Å². The van der Waals surface area contributed by atoms with Crippen molar-refractivity contribution in [2.45, 2.75) is 37.5 Å². The normalized spacial score (nSPS) is 13.6. The Kier molecular flexibility index (Phi) is 9.44. The van der Waals surface area contributed by atoms with E-state index in [-0.39, 0.29) is 5.41 Å². The summed E-state index contributed by atoms with van der Waals surface area (Å²) in [5, 5.41) is 9.88. The van der Waals surface area contributed by atoms with Crippen LogP contribution in [-0.2, 0) is 5.41 Å². The highest BCUT2D eigenvalue weighted by Crippen LogP contribution is 2.58. The minimum atomic E-state index is -0.0189. The van der Waals surface area contributed by atoms with Crippen molar-refractivity contribution in [2.24, 2.45) is 0 Å². The van der Waals surface area contributed by atoms with Gasteiger partial charge in [0.15, 0.2) is 5.82 Å². The van der Waals surface area contributed by atoms with Crippen LogP contribution in [0.4, 0.5) is 0 Å². The summed E-state index contributed by atoms with van der Waals surface area (Å²) in [6.07, 6.45) is 9.65. The summed E-state index contributed by atoms with van der Waals surface area (Å²) in [7, 11) is 0. The van der Waals surface area contributed by atoms with Crippen LogP contribution in [0.1, 0.15) is 48.8 Å². The molecule has 0 radical (unpaired) electrons.